The molecule has 2 nitrogen and oxygen atoms in total. The topological polar surface area (TPSA) is 6.48 Å². The minimum Gasteiger partial charge on any atom is -0.288 e. The van der Waals surface area contributed by atoms with Gasteiger partial charge in [0, 0.05) is 0 Å². The molecule has 0 rings (SSSR count). The van der Waals surface area contributed by atoms with Crippen molar-refractivity contribution in [2.45, 2.75) is 98.6 Å². The third-order valence-electron chi connectivity index (χ3n) is 4.78. The molecule has 0 aliphatic rings. The van der Waals surface area contributed by atoms with E-state index >= 15 is 0 Å². The summed E-state index contributed by atoms with van der Waals surface area (Å²) in [6.45, 7) is 16.2. The lowest BCUT2D eigenvalue weighted by Gasteiger charge is -2.38. The van der Waals surface area contributed by atoms with Crippen LogP contribution < -0.4 is 0 Å². The molecule has 0 saturated heterocycles. The van der Waals surface area contributed by atoms with Crippen molar-refractivity contribution in [3.63, 3.8) is 0 Å². The summed E-state index contributed by atoms with van der Waals surface area (Å²) >= 11 is 0. The minimum atomic E-state index is 0.662. The summed E-state index contributed by atoms with van der Waals surface area (Å²) in [6.07, 6.45) is 13.4. The summed E-state index contributed by atoms with van der Waals surface area (Å²) in [5.41, 5.74) is 0. The average Bonchev–Trinajstić information content (AvgIpc) is 2.51. The van der Waals surface area contributed by atoms with Gasteiger partial charge in [0.15, 0.2) is 0 Å². The normalized spacial score (nSPS) is 12.0. The molecule has 2 heteroatoms. The van der Waals surface area contributed by atoms with Crippen molar-refractivity contribution < 1.29 is 0 Å². The van der Waals surface area contributed by atoms with Gasteiger partial charge in [-0.1, -0.05) is 86.0 Å². The summed E-state index contributed by atoms with van der Waals surface area (Å²) < 4.78 is 0. The summed E-state index contributed by atoms with van der Waals surface area (Å²) in [7, 11) is 0. The van der Waals surface area contributed by atoms with E-state index in [1.165, 1.54) is 84.0 Å². The maximum absolute atomic E-state index is 2.63. The monoisotopic (exact) mass is 298 g/mol. The Morgan fingerprint density at radius 2 is 0.905 bits per heavy atom. The van der Waals surface area contributed by atoms with Gasteiger partial charge in [-0.05, 0) is 32.6 Å². The van der Waals surface area contributed by atoms with E-state index in [9.17, 15) is 0 Å². The first-order valence-corrected chi connectivity index (χ1v) is 9.73. The predicted octanol–water partition coefficient (Wildman–Crippen LogP) is 5.53. The van der Waals surface area contributed by atoms with E-state index in [0.717, 1.165) is 0 Å². The van der Waals surface area contributed by atoms with Gasteiger partial charge in [-0.2, -0.15) is 0 Å². The molecule has 0 aliphatic carbocycles. The van der Waals surface area contributed by atoms with Crippen molar-refractivity contribution in [3.8, 4) is 0 Å². The summed E-state index contributed by atoms with van der Waals surface area (Å²) in [5.74, 6) is 0. The molecule has 0 heterocycles. The number of unbranched alkanes of at least 4 members (excludes halogenated alkanes) is 7. The Balaban J connectivity index is 3.96. The van der Waals surface area contributed by atoms with Gasteiger partial charge in [-0.15, -0.1) is 0 Å². The number of hydrogen-bond donors (Lipinski definition) is 0. The third-order valence-corrected chi connectivity index (χ3v) is 4.78. The largest absolute Gasteiger partial charge is 0.288 e. The van der Waals surface area contributed by atoms with Crippen molar-refractivity contribution in [1.29, 1.82) is 0 Å². The quantitative estimate of drug-likeness (QED) is 0.290. The molecule has 0 aliphatic heterocycles. The lowest BCUT2D eigenvalue weighted by atomic mass is 10.1. The summed E-state index contributed by atoms with van der Waals surface area (Å²) in [4.78, 5) is 5.27. The molecular weight excluding hydrogens is 256 g/mol. The van der Waals surface area contributed by atoms with E-state index < -0.39 is 0 Å². The molecule has 0 amide bonds. The Labute approximate surface area is 135 Å². The highest BCUT2D eigenvalue weighted by atomic mass is 15.3. The number of nitrogens with zero attached hydrogens (tertiary/aromatic N) is 2. The molecule has 0 radical (unpaired) electrons. The van der Waals surface area contributed by atoms with Crippen LogP contribution in [0.4, 0.5) is 0 Å². The van der Waals surface area contributed by atoms with Crippen LogP contribution in [0.15, 0.2) is 0 Å². The SMILES string of the molecule is CCCCCCCCCCC(N(CC)CC)N(CC)CC. The second kappa shape index (κ2) is 14.8. The Hall–Kier alpha value is -0.0800. The first-order chi connectivity index (χ1) is 10.2. The molecular formula is C19H42N2. The maximum Gasteiger partial charge on any atom is 0.0622 e. The predicted molar refractivity (Wildman–Crippen MR) is 96.9 cm³/mol. The number of rotatable bonds is 15. The molecule has 0 bridgehead atoms. The Morgan fingerprint density at radius 3 is 1.29 bits per heavy atom. The third kappa shape index (κ3) is 9.52. The number of hydrogen-bond acceptors (Lipinski definition) is 2. The van der Waals surface area contributed by atoms with Crippen molar-refractivity contribution in [2.24, 2.45) is 0 Å². The lowest BCUT2D eigenvalue weighted by Crippen LogP contribution is -2.48. The fraction of sp³-hybridized carbons (Fsp3) is 1.00. The van der Waals surface area contributed by atoms with E-state index in [2.05, 4.69) is 44.4 Å². The standard InChI is InChI=1S/C19H42N2/c1-6-11-12-13-14-15-16-17-18-19(20(7-2)8-3)21(9-4)10-5/h19H,6-18H2,1-5H3. The molecule has 0 fully saturated rings. The van der Waals surface area contributed by atoms with Crippen LogP contribution in [0.1, 0.15) is 92.4 Å². The molecule has 0 aromatic carbocycles. The van der Waals surface area contributed by atoms with Crippen molar-refractivity contribution in [1.82, 2.24) is 9.80 Å². The summed E-state index contributed by atoms with van der Waals surface area (Å²) in [5, 5.41) is 0. The summed E-state index contributed by atoms with van der Waals surface area (Å²) in [6, 6.07) is 0. The second-order valence-electron chi connectivity index (χ2n) is 6.19. The van der Waals surface area contributed by atoms with Crippen LogP contribution >= 0.6 is 0 Å². The average molecular weight is 299 g/mol. The molecule has 0 N–H and O–H groups in total. The Kier molecular flexibility index (Phi) is 14.8. The molecule has 0 unspecified atom stereocenters. The second-order valence-corrected chi connectivity index (χ2v) is 6.19. The zero-order chi connectivity index (χ0) is 15.9. The van der Waals surface area contributed by atoms with E-state index in [4.69, 9.17) is 0 Å². The van der Waals surface area contributed by atoms with Crippen LogP contribution in [-0.4, -0.2) is 42.1 Å². The molecule has 0 aromatic rings. The van der Waals surface area contributed by atoms with Crippen molar-refractivity contribution in [3.05, 3.63) is 0 Å². The fourth-order valence-electron chi connectivity index (χ4n) is 3.35. The van der Waals surface area contributed by atoms with Gasteiger partial charge in [0.05, 0.1) is 6.17 Å². The van der Waals surface area contributed by atoms with E-state index in [-0.39, 0.29) is 0 Å². The van der Waals surface area contributed by atoms with E-state index in [1.807, 2.05) is 0 Å². The van der Waals surface area contributed by atoms with E-state index in [0.29, 0.717) is 6.17 Å². The molecule has 128 valence electrons. The zero-order valence-corrected chi connectivity index (χ0v) is 15.7. The van der Waals surface area contributed by atoms with Crippen LogP contribution in [-0.2, 0) is 0 Å². The Bertz CT molecular complexity index is 186. The first kappa shape index (κ1) is 20.9. The van der Waals surface area contributed by atoms with Gasteiger partial charge in [-0.3, -0.25) is 9.80 Å². The molecule has 0 atom stereocenters. The van der Waals surface area contributed by atoms with Crippen LogP contribution in [0.3, 0.4) is 0 Å². The van der Waals surface area contributed by atoms with Crippen LogP contribution in [0.5, 0.6) is 0 Å². The lowest BCUT2D eigenvalue weighted by molar-refractivity contribution is 0.0482. The van der Waals surface area contributed by atoms with Crippen molar-refractivity contribution >= 4 is 0 Å². The van der Waals surface area contributed by atoms with Crippen LogP contribution in [0, 0.1) is 0 Å². The molecule has 21 heavy (non-hydrogen) atoms. The zero-order valence-electron chi connectivity index (χ0n) is 15.7. The van der Waals surface area contributed by atoms with Gasteiger partial charge in [0.2, 0.25) is 0 Å². The fourth-order valence-corrected chi connectivity index (χ4v) is 3.35. The highest BCUT2D eigenvalue weighted by Crippen LogP contribution is 2.16. The van der Waals surface area contributed by atoms with Crippen LogP contribution in [0.25, 0.3) is 0 Å². The minimum absolute atomic E-state index is 0.662. The highest BCUT2D eigenvalue weighted by Gasteiger charge is 2.20. The van der Waals surface area contributed by atoms with Gasteiger partial charge in [0.1, 0.15) is 0 Å². The van der Waals surface area contributed by atoms with E-state index in [1.54, 1.807) is 0 Å². The van der Waals surface area contributed by atoms with Gasteiger partial charge in [0.25, 0.3) is 0 Å². The maximum atomic E-state index is 2.63. The van der Waals surface area contributed by atoms with Gasteiger partial charge >= 0.3 is 0 Å². The highest BCUT2D eigenvalue weighted by molar-refractivity contribution is 4.71. The first-order valence-electron chi connectivity index (χ1n) is 9.73. The molecule has 0 spiro atoms. The van der Waals surface area contributed by atoms with Crippen molar-refractivity contribution in [2.75, 3.05) is 26.2 Å². The molecule has 0 saturated carbocycles. The van der Waals surface area contributed by atoms with Crippen LogP contribution in [0.2, 0.25) is 0 Å². The smallest absolute Gasteiger partial charge is 0.0622 e. The van der Waals surface area contributed by atoms with Gasteiger partial charge < -0.3 is 0 Å². The van der Waals surface area contributed by atoms with Gasteiger partial charge in [-0.25, -0.2) is 0 Å². The Morgan fingerprint density at radius 1 is 0.524 bits per heavy atom. The molecule has 0 aromatic heterocycles.